The smallest absolute Gasteiger partial charge is 0.253 e. The van der Waals surface area contributed by atoms with Gasteiger partial charge in [0.25, 0.3) is 5.91 Å². The Morgan fingerprint density at radius 1 is 1.03 bits per heavy atom. The van der Waals surface area contributed by atoms with Gasteiger partial charge < -0.3 is 24.1 Å². The molecular formula is C27H23ClN2O4. The van der Waals surface area contributed by atoms with Gasteiger partial charge in [-0.3, -0.25) is 4.79 Å². The number of carbonyl (C=O) groups excluding carboxylic acids is 1. The molecule has 7 heteroatoms. The number of halogens is 1. The molecule has 0 unspecified atom stereocenters. The summed E-state index contributed by atoms with van der Waals surface area (Å²) in [5, 5.41) is 3.68. The lowest BCUT2D eigenvalue weighted by molar-refractivity contribution is 0.0950. The largest absolute Gasteiger partial charge is 0.495 e. The Bertz CT molecular complexity index is 1360. The highest BCUT2D eigenvalue weighted by molar-refractivity contribution is 6.30. The summed E-state index contributed by atoms with van der Waals surface area (Å²) in [6.45, 7) is 2.51. The van der Waals surface area contributed by atoms with E-state index in [0.29, 0.717) is 34.4 Å². The van der Waals surface area contributed by atoms with Crippen molar-refractivity contribution < 1.29 is 19.0 Å². The lowest BCUT2D eigenvalue weighted by Gasteiger charge is -2.15. The third-order valence-electron chi connectivity index (χ3n) is 5.85. The summed E-state index contributed by atoms with van der Waals surface area (Å²) in [7, 11) is 1.64. The van der Waals surface area contributed by atoms with Crippen LogP contribution in [0.5, 0.6) is 17.2 Å². The SMILES string of the molecule is COc1ccccc1-n1c(-c2ccc(Cl)cc2)cc(C(=O)NCc2ccc3c(c2)OCO3)c1C. The number of para-hydroxylation sites is 2. The molecule has 34 heavy (non-hydrogen) atoms. The lowest BCUT2D eigenvalue weighted by Crippen LogP contribution is -2.23. The highest BCUT2D eigenvalue weighted by Gasteiger charge is 2.21. The molecule has 3 aromatic carbocycles. The standard InChI is InChI=1S/C27H23ClN2O4/c1-17-21(27(31)29-15-18-7-12-25-26(13-18)34-16-33-25)14-23(19-8-10-20(28)11-9-19)30(17)22-5-3-4-6-24(22)32-2/h3-14H,15-16H2,1-2H3,(H,29,31). The summed E-state index contributed by atoms with van der Waals surface area (Å²) in [5.74, 6) is 1.95. The number of aromatic nitrogens is 1. The van der Waals surface area contributed by atoms with Crippen molar-refractivity contribution in [2.75, 3.05) is 13.9 Å². The van der Waals surface area contributed by atoms with Gasteiger partial charge in [-0.2, -0.15) is 0 Å². The van der Waals surface area contributed by atoms with Crippen molar-refractivity contribution in [3.8, 4) is 34.2 Å². The van der Waals surface area contributed by atoms with E-state index in [1.807, 2.05) is 84.3 Å². The summed E-state index contributed by atoms with van der Waals surface area (Å²) in [4.78, 5) is 13.3. The van der Waals surface area contributed by atoms with E-state index < -0.39 is 0 Å². The minimum Gasteiger partial charge on any atom is -0.495 e. The van der Waals surface area contributed by atoms with Gasteiger partial charge in [0, 0.05) is 17.3 Å². The fourth-order valence-electron chi connectivity index (χ4n) is 4.12. The molecule has 0 aliphatic carbocycles. The fourth-order valence-corrected chi connectivity index (χ4v) is 4.25. The number of benzene rings is 3. The highest BCUT2D eigenvalue weighted by atomic mass is 35.5. The molecule has 0 atom stereocenters. The van der Waals surface area contributed by atoms with Crippen LogP contribution in [0.4, 0.5) is 0 Å². The van der Waals surface area contributed by atoms with Crippen molar-refractivity contribution >= 4 is 17.5 Å². The first kappa shape index (κ1) is 21.9. The van der Waals surface area contributed by atoms with E-state index in [1.54, 1.807) is 7.11 Å². The zero-order valence-electron chi connectivity index (χ0n) is 18.8. The van der Waals surface area contributed by atoms with E-state index in [-0.39, 0.29) is 12.7 Å². The molecule has 0 fully saturated rings. The summed E-state index contributed by atoms with van der Waals surface area (Å²) < 4.78 is 18.4. The van der Waals surface area contributed by atoms with Crippen LogP contribution in [-0.2, 0) is 6.54 Å². The Morgan fingerprint density at radius 2 is 1.79 bits per heavy atom. The quantitative estimate of drug-likeness (QED) is 0.385. The predicted octanol–water partition coefficient (Wildman–Crippen LogP) is 5.77. The molecule has 0 saturated carbocycles. The van der Waals surface area contributed by atoms with E-state index in [1.165, 1.54) is 0 Å². The van der Waals surface area contributed by atoms with Crippen molar-refractivity contribution in [1.29, 1.82) is 0 Å². The van der Waals surface area contributed by atoms with E-state index in [4.69, 9.17) is 25.8 Å². The Balaban J connectivity index is 1.51. The van der Waals surface area contributed by atoms with Crippen molar-refractivity contribution in [3.05, 3.63) is 94.6 Å². The molecule has 0 bridgehead atoms. The van der Waals surface area contributed by atoms with Crippen LogP contribution >= 0.6 is 11.6 Å². The minimum absolute atomic E-state index is 0.168. The van der Waals surface area contributed by atoms with E-state index >= 15 is 0 Å². The van der Waals surface area contributed by atoms with Crippen molar-refractivity contribution in [2.45, 2.75) is 13.5 Å². The van der Waals surface area contributed by atoms with Crippen LogP contribution in [0.15, 0.2) is 72.8 Å². The summed E-state index contributed by atoms with van der Waals surface area (Å²) in [6.07, 6.45) is 0. The molecule has 172 valence electrons. The first-order valence-electron chi connectivity index (χ1n) is 10.8. The van der Waals surface area contributed by atoms with Crippen LogP contribution in [0.3, 0.4) is 0 Å². The number of nitrogens with zero attached hydrogens (tertiary/aromatic N) is 1. The molecule has 1 aliphatic rings. The monoisotopic (exact) mass is 474 g/mol. The molecule has 0 radical (unpaired) electrons. The molecular weight excluding hydrogens is 452 g/mol. The van der Waals surface area contributed by atoms with Crippen molar-refractivity contribution in [2.24, 2.45) is 0 Å². The third kappa shape index (κ3) is 4.08. The summed E-state index contributed by atoms with van der Waals surface area (Å²) in [6, 6.07) is 22.9. The molecule has 4 aromatic rings. The lowest BCUT2D eigenvalue weighted by atomic mass is 10.1. The van der Waals surface area contributed by atoms with Gasteiger partial charge in [-0.1, -0.05) is 41.9 Å². The molecule has 1 aliphatic heterocycles. The Labute approximate surface area is 202 Å². The maximum atomic E-state index is 13.3. The van der Waals surface area contributed by atoms with Crippen molar-refractivity contribution in [3.63, 3.8) is 0 Å². The second-order valence-electron chi connectivity index (χ2n) is 7.91. The molecule has 0 spiro atoms. The molecule has 1 N–H and O–H groups in total. The number of nitrogens with one attached hydrogen (secondary N) is 1. The number of hydrogen-bond acceptors (Lipinski definition) is 4. The van der Waals surface area contributed by atoms with Crippen LogP contribution in [0, 0.1) is 6.92 Å². The number of carbonyl (C=O) groups is 1. The molecule has 2 heterocycles. The summed E-state index contributed by atoms with van der Waals surface area (Å²) >= 11 is 6.12. The topological polar surface area (TPSA) is 61.7 Å². The van der Waals surface area contributed by atoms with Gasteiger partial charge in [0.2, 0.25) is 6.79 Å². The Kier molecular flexibility index (Phi) is 5.90. The van der Waals surface area contributed by atoms with Gasteiger partial charge in [0.15, 0.2) is 11.5 Å². The van der Waals surface area contributed by atoms with E-state index in [2.05, 4.69) is 5.32 Å². The number of fused-ring (bicyclic) bond motifs is 1. The maximum Gasteiger partial charge on any atom is 0.253 e. The number of amides is 1. The fraction of sp³-hybridized carbons (Fsp3) is 0.148. The van der Waals surface area contributed by atoms with E-state index in [9.17, 15) is 4.79 Å². The van der Waals surface area contributed by atoms with Crippen molar-refractivity contribution in [1.82, 2.24) is 9.88 Å². The molecule has 5 rings (SSSR count). The van der Waals surface area contributed by atoms with Crippen LogP contribution in [0.2, 0.25) is 5.02 Å². The first-order valence-corrected chi connectivity index (χ1v) is 11.2. The van der Waals surface area contributed by atoms with Gasteiger partial charge in [0.1, 0.15) is 5.75 Å². The average Bonchev–Trinajstić information content (AvgIpc) is 3.47. The van der Waals surface area contributed by atoms with E-state index in [0.717, 1.165) is 28.2 Å². The predicted molar refractivity (Wildman–Crippen MR) is 131 cm³/mol. The number of ether oxygens (including phenoxy) is 3. The molecule has 1 amide bonds. The molecule has 1 aromatic heterocycles. The molecule has 6 nitrogen and oxygen atoms in total. The first-order chi connectivity index (χ1) is 16.5. The zero-order valence-corrected chi connectivity index (χ0v) is 19.6. The van der Waals surface area contributed by atoms with Crippen LogP contribution in [0.25, 0.3) is 16.9 Å². The zero-order chi connectivity index (χ0) is 23.7. The second kappa shape index (κ2) is 9.15. The minimum atomic E-state index is -0.168. The van der Waals surface area contributed by atoms with Gasteiger partial charge >= 0.3 is 0 Å². The summed E-state index contributed by atoms with van der Waals surface area (Å²) in [5.41, 5.74) is 4.97. The third-order valence-corrected chi connectivity index (χ3v) is 6.10. The average molecular weight is 475 g/mol. The van der Waals surface area contributed by atoms with Crippen LogP contribution in [0.1, 0.15) is 21.6 Å². The highest BCUT2D eigenvalue weighted by Crippen LogP contribution is 2.35. The second-order valence-corrected chi connectivity index (χ2v) is 8.35. The Hall–Kier alpha value is -3.90. The maximum absolute atomic E-state index is 13.3. The van der Waals surface area contributed by atoms with Crippen LogP contribution in [-0.4, -0.2) is 24.4 Å². The van der Waals surface area contributed by atoms with Gasteiger partial charge in [-0.25, -0.2) is 0 Å². The number of hydrogen-bond donors (Lipinski definition) is 1. The van der Waals surface area contributed by atoms with Gasteiger partial charge in [0.05, 0.1) is 24.1 Å². The number of rotatable bonds is 6. The van der Waals surface area contributed by atoms with Gasteiger partial charge in [-0.05, 0) is 60.5 Å². The molecule has 0 saturated heterocycles. The van der Waals surface area contributed by atoms with Crippen LogP contribution < -0.4 is 19.5 Å². The number of methoxy groups -OCH3 is 1. The Morgan fingerprint density at radius 3 is 2.59 bits per heavy atom. The van der Waals surface area contributed by atoms with Gasteiger partial charge in [-0.15, -0.1) is 0 Å². The normalized spacial score (nSPS) is 12.0.